The lowest BCUT2D eigenvalue weighted by Gasteiger charge is -1.99. The van der Waals surface area contributed by atoms with Crippen molar-refractivity contribution in [3.8, 4) is 0 Å². The molecule has 0 saturated heterocycles. The Morgan fingerprint density at radius 3 is 2.00 bits per heavy atom. The maximum atomic E-state index is 4.71. The normalized spacial score (nSPS) is 7.25. The summed E-state index contributed by atoms with van der Waals surface area (Å²) < 4.78 is 9.41. The van der Waals surface area contributed by atoms with E-state index in [0.717, 1.165) is 0 Å². The predicted octanol–water partition coefficient (Wildman–Crippen LogP) is 1.31. The lowest BCUT2D eigenvalue weighted by atomic mass is 10.6. The molecule has 0 aromatic rings. The molecule has 0 rings (SSSR count). The Labute approximate surface area is 49.4 Å². The van der Waals surface area contributed by atoms with Gasteiger partial charge >= 0.3 is 0 Å². The molecule has 0 saturated carbocycles. The summed E-state index contributed by atoms with van der Waals surface area (Å²) in [7, 11) is 3.08. The topological polar surface area (TPSA) is 18.5 Å². The van der Waals surface area contributed by atoms with Gasteiger partial charge in [0.15, 0.2) is 0 Å². The fraction of sp³-hybridized carbons (Fsp3) is 0.333. The summed E-state index contributed by atoms with van der Waals surface area (Å²) in [6, 6.07) is 0. The average molecular weight is 114 g/mol. The summed E-state index contributed by atoms with van der Waals surface area (Å²) in [6.45, 7) is 3.46. The lowest BCUT2D eigenvalue weighted by Crippen LogP contribution is -1.86. The van der Waals surface area contributed by atoms with E-state index in [2.05, 4.69) is 6.58 Å². The minimum absolute atomic E-state index is 0.472. The third kappa shape index (κ3) is 2.29. The third-order valence-electron chi connectivity index (χ3n) is 0.656. The van der Waals surface area contributed by atoms with Crippen LogP contribution in [-0.4, -0.2) is 14.2 Å². The Morgan fingerprint density at radius 1 is 1.38 bits per heavy atom. The Morgan fingerprint density at radius 2 is 1.88 bits per heavy atom. The van der Waals surface area contributed by atoms with E-state index < -0.39 is 0 Å². The van der Waals surface area contributed by atoms with Crippen LogP contribution in [0.25, 0.3) is 0 Å². The van der Waals surface area contributed by atoms with E-state index in [9.17, 15) is 0 Å². The molecule has 0 bridgehead atoms. The number of hydrogen-bond donors (Lipinski definition) is 0. The highest BCUT2D eigenvalue weighted by Crippen LogP contribution is 1.93. The Bertz CT molecular complexity index is 88.7. The first-order valence-corrected chi connectivity index (χ1v) is 2.26. The SMILES string of the molecule is C=CC=C(OC)OC. The zero-order valence-corrected chi connectivity index (χ0v) is 5.18. The van der Waals surface area contributed by atoms with Crippen LogP contribution in [0.1, 0.15) is 0 Å². The van der Waals surface area contributed by atoms with Gasteiger partial charge in [-0.05, 0) is 0 Å². The fourth-order valence-corrected chi connectivity index (χ4v) is 0.316. The zero-order chi connectivity index (χ0) is 6.41. The van der Waals surface area contributed by atoms with E-state index >= 15 is 0 Å². The Kier molecular flexibility index (Phi) is 3.76. The van der Waals surface area contributed by atoms with Crippen LogP contribution in [-0.2, 0) is 9.47 Å². The molecule has 46 valence electrons. The molecule has 2 heteroatoms. The molecular formula is C6H10O2. The average Bonchev–Trinajstić information content (AvgIpc) is 1.83. The van der Waals surface area contributed by atoms with Gasteiger partial charge in [-0.1, -0.05) is 12.7 Å². The number of ether oxygens (including phenoxy) is 2. The van der Waals surface area contributed by atoms with E-state index in [1.807, 2.05) is 0 Å². The van der Waals surface area contributed by atoms with E-state index in [4.69, 9.17) is 9.47 Å². The molecule has 0 aliphatic heterocycles. The first-order valence-electron chi connectivity index (χ1n) is 2.26. The minimum atomic E-state index is 0.472. The van der Waals surface area contributed by atoms with Gasteiger partial charge in [-0.25, -0.2) is 0 Å². The molecular weight excluding hydrogens is 104 g/mol. The van der Waals surface area contributed by atoms with Gasteiger partial charge in [-0.2, -0.15) is 0 Å². The smallest absolute Gasteiger partial charge is 0.278 e. The van der Waals surface area contributed by atoms with Crippen LogP contribution in [0, 0.1) is 0 Å². The van der Waals surface area contributed by atoms with Crippen LogP contribution in [0.4, 0.5) is 0 Å². The van der Waals surface area contributed by atoms with Crippen molar-refractivity contribution in [3.63, 3.8) is 0 Å². The maximum absolute atomic E-state index is 4.71. The predicted molar refractivity (Wildman–Crippen MR) is 32.3 cm³/mol. The Balaban J connectivity index is 3.66. The second-order valence-corrected chi connectivity index (χ2v) is 1.13. The fourth-order valence-electron chi connectivity index (χ4n) is 0.316. The van der Waals surface area contributed by atoms with Crippen LogP contribution < -0.4 is 0 Å². The summed E-state index contributed by atoms with van der Waals surface area (Å²) in [5.41, 5.74) is 0. The molecule has 0 atom stereocenters. The minimum Gasteiger partial charge on any atom is -0.469 e. The quantitative estimate of drug-likeness (QED) is 0.407. The Hall–Kier alpha value is -0.920. The second-order valence-electron chi connectivity index (χ2n) is 1.13. The summed E-state index contributed by atoms with van der Waals surface area (Å²) in [5, 5.41) is 0. The highest BCUT2D eigenvalue weighted by Gasteiger charge is 1.84. The van der Waals surface area contributed by atoms with Crippen LogP contribution in [0.2, 0.25) is 0 Å². The molecule has 0 heterocycles. The van der Waals surface area contributed by atoms with Gasteiger partial charge < -0.3 is 9.47 Å². The van der Waals surface area contributed by atoms with E-state index in [-0.39, 0.29) is 0 Å². The van der Waals surface area contributed by atoms with Crippen LogP contribution in [0.3, 0.4) is 0 Å². The molecule has 0 aromatic carbocycles. The van der Waals surface area contributed by atoms with Gasteiger partial charge in [-0.3, -0.25) is 0 Å². The van der Waals surface area contributed by atoms with E-state index in [1.165, 1.54) is 0 Å². The van der Waals surface area contributed by atoms with E-state index in [1.54, 1.807) is 26.4 Å². The van der Waals surface area contributed by atoms with Gasteiger partial charge in [-0.15, -0.1) is 0 Å². The van der Waals surface area contributed by atoms with Crippen molar-refractivity contribution < 1.29 is 9.47 Å². The van der Waals surface area contributed by atoms with Crippen molar-refractivity contribution in [2.75, 3.05) is 14.2 Å². The highest BCUT2D eigenvalue weighted by atomic mass is 16.7. The summed E-state index contributed by atoms with van der Waals surface area (Å²) >= 11 is 0. The van der Waals surface area contributed by atoms with Crippen molar-refractivity contribution in [2.45, 2.75) is 0 Å². The molecule has 0 aliphatic carbocycles. The van der Waals surface area contributed by atoms with Crippen LogP contribution in [0.5, 0.6) is 0 Å². The largest absolute Gasteiger partial charge is 0.469 e. The molecule has 0 aromatic heterocycles. The van der Waals surface area contributed by atoms with Gasteiger partial charge in [0.25, 0.3) is 5.95 Å². The maximum Gasteiger partial charge on any atom is 0.278 e. The second kappa shape index (κ2) is 4.24. The molecule has 0 spiro atoms. The standard InChI is InChI=1S/C6H10O2/c1-4-5-6(7-2)8-3/h4-5H,1H2,2-3H3. The molecule has 0 amide bonds. The first-order chi connectivity index (χ1) is 3.85. The monoisotopic (exact) mass is 114 g/mol. The van der Waals surface area contributed by atoms with E-state index in [0.29, 0.717) is 5.95 Å². The molecule has 2 nitrogen and oxygen atoms in total. The molecule has 0 N–H and O–H groups in total. The third-order valence-corrected chi connectivity index (χ3v) is 0.656. The summed E-state index contributed by atoms with van der Waals surface area (Å²) in [5.74, 6) is 0.472. The number of methoxy groups -OCH3 is 2. The van der Waals surface area contributed by atoms with Crippen molar-refractivity contribution in [1.29, 1.82) is 0 Å². The van der Waals surface area contributed by atoms with Crippen LogP contribution >= 0.6 is 0 Å². The molecule has 8 heavy (non-hydrogen) atoms. The number of rotatable bonds is 3. The van der Waals surface area contributed by atoms with Gasteiger partial charge in [0.1, 0.15) is 0 Å². The zero-order valence-electron chi connectivity index (χ0n) is 5.18. The highest BCUT2D eigenvalue weighted by molar-refractivity contribution is 4.98. The number of allylic oxidation sites excluding steroid dienone is 2. The molecule has 0 radical (unpaired) electrons. The van der Waals surface area contributed by atoms with Crippen molar-refractivity contribution in [3.05, 3.63) is 24.7 Å². The van der Waals surface area contributed by atoms with Crippen molar-refractivity contribution in [2.24, 2.45) is 0 Å². The van der Waals surface area contributed by atoms with Gasteiger partial charge in [0, 0.05) is 6.08 Å². The lowest BCUT2D eigenvalue weighted by molar-refractivity contribution is 0.0956. The summed E-state index contributed by atoms with van der Waals surface area (Å²) in [4.78, 5) is 0. The molecule has 0 unspecified atom stereocenters. The molecule has 0 aliphatic rings. The van der Waals surface area contributed by atoms with Crippen LogP contribution in [0.15, 0.2) is 24.7 Å². The van der Waals surface area contributed by atoms with Crippen molar-refractivity contribution in [1.82, 2.24) is 0 Å². The van der Waals surface area contributed by atoms with Crippen molar-refractivity contribution >= 4 is 0 Å². The molecule has 0 fully saturated rings. The van der Waals surface area contributed by atoms with Gasteiger partial charge in [0.2, 0.25) is 0 Å². The summed E-state index contributed by atoms with van der Waals surface area (Å²) in [6.07, 6.45) is 3.24. The van der Waals surface area contributed by atoms with Gasteiger partial charge in [0.05, 0.1) is 14.2 Å². The first kappa shape index (κ1) is 7.08. The number of hydrogen-bond acceptors (Lipinski definition) is 2.